The van der Waals surface area contributed by atoms with Gasteiger partial charge in [-0.3, -0.25) is 4.79 Å². The molecule has 2 heteroatoms. The van der Waals surface area contributed by atoms with E-state index >= 15 is 0 Å². The van der Waals surface area contributed by atoms with Gasteiger partial charge in [-0.25, -0.2) is 0 Å². The van der Waals surface area contributed by atoms with Crippen molar-refractivity contribution in [3.05, 3.63) is 29.3 Å². The first kappa shape index (κ1) is 12.8. The maximum Gasteiger partial charge on any atom is 0.169 e. The zero-order chi connectivity index (χ0) is 12.1. The van der Waals surface area contributed by atoms with E-state index in [0.717, 1.165) is 18.4 Å². The monoisotopic (exact) mass is 220 g/mol. The number of methoxy groups -OCH3 is 1. The maximum atomic E-state index is 12.1. The minimum Gasteiger partial charge on any atom is -0.496 e. The van der Waals surface area contributed by atoms with Crippen LogP contribution >= 0.6 is 0 Å². The van der Waals surface area contributed by atoms with Gasteiger partial charge in [-0.1, -0.05) is 26.3 Å². The third-order valence-corrected chi connectivity index (χ3v) is 2.79. The van der Waals surface area contributed by atoms with Gasteiger partial charge in [-0.05, 0) is 31.0 Å². The second kappa shape index (κ2) is 5.69. The van der Waals surface area contributed by atoms with Crippen LogP contribution in [-0.2, 0) is 0 Å². The summed E-state index contributed by atoms with van der Waals surface area (Å²) in [4.78, 5) is 12.1. The number of benzene rings is 1. The molecule has 1 aromatic carbocycles. The second-order valence-electron chi connectivity index (χ2n) is 4.26. The molecule has 0 spiro atoms. The van der Waals surface area contributed by atoms with Crippen molar-refractivity contribution in [3.63, 3.8) is 0 Å². The van der Waals surface area contributed by atoms with Gasteiger partial charge in [0.25, 0.3) is 0 Å². The molecule has 16 heavy (non-hydrogen) atoms. The molecule has 0 radical (unpaired) electrons. The van der Waals surface area contributed by atoms with Crippen LogP contribution < -0.4 is 4.74 Å². The molecule has 0 N–H and O–H groups in total. The minimum absolute atomic E-state index is 0.0709. The summed E-state index contributed by atoms with van der Waals surface area (Å²) < 4.78 is 5.25. The van der Waals surface area contributed by atoms with Crippen LogP contribution in [0, 0.1) is 12.8 Å². The van der Waals surface area contributed by atoms with Gasteiger partial charge in [-0.15, -0.1) is 0 Å². The van der Waals surface area contributed by atoms with Crippen molar-refractivity contribution in [1.29, 1.82) is 0 Å². The molecule has 0 aliphatic carbocycles. The average molecular weight is 220 g/mol. The molecule has 1 atom stereocenters. The Hall–Kier alpha value is -1.31. The third kappa shape index (κ3) is 2.84. The predicted molar refractivity (Wildman–Crippen MR) is 66.1 cm³/mol. The molecule has 0 bridgehead atoms. The van der Waals surface area contributed by atoms with Gasteiger partial charge in [-0.2, -0.15) is 0 Å². The molecule has 0 aliphatic rings. The maximum absolute atomic E-state index is 12.1. The van der Waals surface area contributed by atoms with Crippen molar-refractivity contribution in [2.75, 3.05) is 7.11 Å². The van der Waals surface area contributed by atoms with Crippen LogP contribution in [0.2, 0.25) is 0 Å². The van der Waals surface area contributed by atoms with Crippen LogP contribution in [0.5, 0.6) is 5.75 Å². The van der Waals surface area contributed by atoms with Gasteiger partial charge in [0.15, 0.2) is 5.78 Å². The van der Waals surface area contributed by atoms with Gasteiger partial charge in [0, 0.05) is 5.92 Å². The molecule has 0 saturated carbocycles. The number of carbonyl (C=O) groups excluding carboxylic acids is 1. The molecule has 88 valence electrons. The normalized spacial score (nSPS) is 12.2. The summed E-state index contributed by atoms with van der Waals surface area (Å²) in [5, 5.41) is 0. The van der Waals surface area contributed by atoms with Crippen LogP contribution in [0.1, 0.15) is 42.6 Å². The van der Waals surface area contributed by atoms with Crippen LogP contribution in [0.4, 0.5) is 0 Å². The highest BCUT2D eigenvalue weighted by atomic mass is 16.5. The van der Waals surface area contributed by atoms with Gasteiger partial charge in [0.2, 0.25) is 0 Å². The van der Waals surface area contributed by atoms with E-state index < -0.39 is 0 Å². The standard InChI is InChI=1S/C14H20O2/c1-5-6-11(3)14(15)12-8-7-10(2)9-13(12)16-4/h7-9,11H,5-6H2,1-4H3. The lowest BCUT2D eigenvalue weighted by Crippen LogP contribution is -2.12. The Morgan fingerprint density at radius 2 is 2.12 bits per heavy atom. The summed E-state index contributed by atoms with van der Waals surface area (Å²) in [5.41, 5.74) is 1.81. The Morgan fingerprint density at radius 1 is 1.44 bits per heavy atom. The molecular formula is C14H20O2. The fourth-order valence-electron chi connectivity index (χ4n) is 1.83. The van der Waals surface area contributed by atoms with Gasteiger partial charge in [0.1, 0.15) is 5.75 Å². The van der Waals surface area contributed by atoms with Gasteiger partial charge in [0.05, 0.1) is 12.7 Å². The van der Waals surface area contributed by atoms with Crippen LogP contribution in [-0.4, -0.2) is 12.9 Å². The van der Waals surface area contributed by atoms with E-state index in [1.165, 1.54) is 0 Å². The Balaban J connectivity index is 2.98. The van der Waals surface area contributed by atoms with E-state index in [9.17, 15) is 4.79 Å². The lowest BCUT2D eigenvalue weighted by atomic mass is 9.94. The first-order chi connectivity index (χ1) is 7.60. The van der Waals surface area contributed by atoms with Gasteiger partial charge >= 0.3 is 0 Å². The molecule has 0 fully saturated rings. The molecule has 1 rings (SSSR count). The Morgan fingerprint density at radius 3 is 2.69 bits per heavy atom. The van der Waals surface area contributed by atoms with Gasteiger partial charge < -0.3 is 4.74 Å². The predicted octanol–water partition coefficient (Wildman–Crippen LogP) is 3.62. The molecule has 0 amide bonds. The smallest absolute Gasteiger partial charge is 0.169 e. The van der Waals surface area contributed by atoms with E-state index in [2.05, 4.69) is 6.92 Å². The number of rotatable bonds is 5. The van der Waals surface area contributed by atoms with E-state index in [1.807, 2.05) is 32.0 Å². The lowest BCUT2D eigenvalue weighted by molar-refractivity contribution is 0.0920. The highest BCUT2D eigenvalue weighted by Crippen LogP contribution is 2.24. The van der Waals surface area contributed by atoms with E-state index in [0.29, 0.717) is 11.3 Å². The molecule has 0 aromatic heterocycles. The molecule has 0 saturated heterocycles. The molecule has 0 heterocycles. The number of ether oxygens (including phenoxy) is 1. The van der Waals surface area contributed by atoms with Crippen LogP contribution in [0.25, 0.3) is 0 Å². The molecule has 1 aromatic rings. The second-order valence-corrected chi connectivity index (χ2v) is 4.26. The fraction of sp³-hybridized carbons (Fsp3) is 0.500. The SMILES string of the molecule is CCCC(C)C(=O)c1ccc(C)cc1OC. The summed E-state index contributed by atoms with van der Waals surface area (Å²) in [6, 6.07) is 5.73. The third-order valence-electron chi connectivity index (χ3n) is 2.79. The Labute approximate surface area is 97.6 Å². The number of hydrogen-bond donors (Lipinski definition) is 0. The highest BCUT2D eigenvalue weighted by molar-refractivity contribution is 6.00. The van der Waals surface area contributed by atoms with Crippen molar-refractivity contribution in [2.45, 2.75) is 33.6 Å². The van der Waals surface area contributed by atoms with E-state index in [1.54, 1.807) is 7.11 Å². The quantitative estimate of drug-likeness (QED) is 0.708. The van der Waals surface area contributed by atoms with Crippen LogP contribution in [0.15, 0.2) is 18.2 Å². The topological polar surface area (TPSA) is 26.3 Å². The van der Waals surface area contributed by atoms with E-state index in [4.69, 9.17) is 4.74 Å². The van der Waals surface area contributed by atoms with Crippen molar-refractivity contribution in [3.8, 4) is 5.75 Å². The van der Waals surface area contributed by atoms with Crippen molar-refractivity contribution in [2.24, 2.45) is 5.92 Å². The largest absolute Gasteiger partial charge is 0.496 e. The average Bonchev–Trinajstić information content (AvgIpc) is 2.28. The molecular weight excluding hydrogens is 200 g/mol. The molecule has 0 aliphatic heterocycles. The Kier molecular flexibility index (Phi) is 4.53. The van der Waals surface area contributed by atoms with Crippen molar-refractivity contribution < 1.29 is 9.53 Å². The summed E-state index contributed by atoms with van der Waals surface area (Å²) >= 11 is 0. The number of carbonyl (C=O) groups is 1. The Bertz CT molecular complexity index is 369. The number of ketones is 1. The molecule has 2 nitrogen and oxygen atoms in total. The van der Waals surface area contributed by atoms with Crippen molar-refractivity contribution in [1.82, 2.24) is 0 Å². The number of Topliss-reactive ketones (excluding diaryl/α,β-unsaturated/α-hetero) is 1. The van der Waals surface area contributed by atoms with Crippen molar-refractivity contribution >= 4 is 5.78 Å². The fourth-order valence-corrected chi connectivity index (χ4v) is 1.83. The van der Waals surface area contributed by atoms with Crippen LogP contribution in [0.3, 0.4) is 0 Å². The zero-order valence-corrected chi connectivity index (χ0v) is 10.5. The lowest BCUT2D eigenvalue weighted by Gasteiger charge is -2.12. The first-order valence-electron chi connectivity index (χ1n) is 5.79. The summed E-state index contributed by atoms with van der Waals surface area (Å²) in [5.74, 6) is 0.938. The summed E-state index contributed by atoms with van der Waals surface area (Å²) in [6.07, 6.45) is 1.96. The minimum atomic E-state index is 0.0709. The first-order valence-corrected chi connectivity index (χ1v) is 5.79. The van der Waals surface area contributed by atoms with E-state index in [-0.39, 0.29) is 11.7 Å². The molecule has 1 unspecified atom stereocenters. The summed E-state index contributed by atoms with van der Waals surface area (Å²) in [7, 11) is 1.61. The summed E-state index contributed by atoms with van der Waals surface area (Å²) in [6.45, 7) is 6.06. The highest BCUT2D eigenvalue weighted by Gasteiger charge is 2.18. The number of aryl methyl sites for hydroxylation is 1. The number of hydrogen-bond acceptors (Lipinski definition) is 2. The zero-order valence-electron chi connectivity index (χ0n) is 10.5.